The van der Waals surface area contributed by atoms with Crippen LogP contribution in [0.1, 0.15) is 16.8 Å². The summed E-state index contributed by atoms with van der Waals surface area (Å²) >= 11 is 5.93. The van der Waals surface area contributed by atoms with Gasteiger partial charge in [-0.25, -0.2) is 9.97 Å². The number of hydrogen-bond donors (Lipinski definition) is 0. The largest absolute Gasteiger partial charge is 0.335 e. The lowest BCUT2D eigenvalue weighted by Gasteiger charge is -2.24. The molecule has 1 aliphatic heterocycles. The Bertz CT molecular complexity index is 388. The van der Waals surface area contributed by atoms with Gasteiger partial charge in [-0.05, 0) is 6.42 Å². The van der Waals surface area contributed by atoms with E-state index in [0.29, 0.717) is 18.1 Å². The number of nitrogens with zero attached hydrogens (tertiary/aromatic N) is 3. The van der Waals surface area contributed by atoms with Crippen LogP contribution in [-0.4, -0.2) is 29.3 Å². The summed E-state index contributed by atoms with van der Waals surface area (Å²) in [5.74, 6) is 0.617. The maximum absolute atomic E-state index is 10.4. The molecule has 0 spiro atoms. The van der Waals surface area contributed by atoms with Gasteiger partial charge in [-0.2, -0.15) is 0 Å². The number of carbonyl (C=O) groups is 1. The zero-order chi connectivity index (χ0) is 10.7. The van der Waals surface area contributed by atoms with Gasteiger partial charge in [0.15, 0.2) is 6.29 Å². The van der Waals surface area contributed by atoms with Crippen molar-refractivity contribution in [3.05, 3.63) is 29.1 Å². The lowest BCUT2D eigenvalue weighted by atomic mass is 10.2. The molecule has 0 fully saturated rings. The average molecular weight is 224 g/mol. The highest BCUT2D eigenvalue weighted by Crippen LogP contribution is 2.17. The molecule has 0 unspecified atom stereocenters. The lowest BCUT2D eigenvalue weighted by Crippen LogP contribution is -2.30. The van der Waals surface area contributed by atoms with Gasteiger partial charge in [0.25, 0.3) is 0 Å². The van der Waals surface area contributed by atoms with Gasteiger partial charge in [0.05, 0.1) is 12.1 Å². The van der Waals surface area contributed by atoms with Gasteiger partial charge in [-0.15, -0.1) is 0 Å². The van der Waals surface area contributed by atoms with Crippen LogP contribution in [0.4, 0.5) is 5.95 Å². The minimum Gasteiger partial charge on any atom is -0.335 e. The first-order valence-corrected chi connectivity index (χ1v) is 5.04. The fourth-order valence-electron chi connectivity index (χ4n) is 1.43. The van der Waals surface area contributed by atoms with Gasteiger partial charge in [-0.1, -0.05) is 17.7 Å². The van der Waals surface area contributed by atoms with Crippen LogP contribution in [0.2, 0.25) is 0 Å². The van der Waals surface area contributed by atoms with Crippen molar-refractivity contribution in [2.75, 3.05) is 18.0 Å². The molecule has 15 heavy (non-hydrogen) atoms. The first-order valence-electron chi connectivity index (χ1n) is 4.66. The van der Waals surface area contributed by atoms with Crippen molar-refractivity contribution in [3.63, 3.8) is 0 Å². The highest BCUT2D eigenvalue weighted by atomic mass is 35.5. The van der Waals surface area contributed by atoms with E-state index in [9.17, 15) is 4.79 Å². The molecular formula is C10H10ClN3O. The summed E-state index contributed by atoms with van der Waals surface area (Å²) in [6.07, 6.45) is 6.66. The van der Waals surface area contributed by atoms with Gasteiger partial charge < -0.3 is 4.90 Å². The van der Waals surface area contributed by atoms with Crippen molar-refractivity contribution in [1.82, 2.24) is 9.97 Å². The van der Waals surface area contributed by atoms with Crippen LogP contribution < -0.4 is 4.90 Å². The summed E-state index contributed by atoms with van der Waals surface area (Å²) in [6, 6.07) is 0. The van der Waals surface area contributed by atoms with E-state index in [1.165, 1.54) is 12.4 Å². The molecule has 0 radical (unpaired) electrons. The predicted octanol–water partition coefficient (Wildman–Crippen LogP) is 1.62. The Morgan fingerprint density at radius 3 is 2.73 bits per heavy atom. The van der Waals surface area contributed by atoms with Gasteiger partial charge in [0, 0.05) is 24.0 Å². The minimum absolute atomic E-state index is 0.484. The van der Waals surface area contributed by atoms with Crippen molar-refractivity contribution in [2.24, 2.45) is 0 Å². The van der Waals surface area contributed by atoms with E-state index < -0.39 is 0 Å². The normalized spacial score (nSPS) is 16.1. The summed E-state index contributed by atoms with van der Waals surface area (Å²) in [5, 5.41) is 0.810. The quantitative estimate of drug-likeness (QED) is 0.715. The van der Waals surface area contributed by atoms with Crippen LogP contribution in [0.5, 0.6) is 0 Å². The van der Waals surface area contributed by atoms with Crippen molar-refractivity contribution < 1.29 is 4.79 Å². The average Bonchev–Trinajstić information content (AvgIpc) is 2.29. The molecule has 5 heteroatoms. The van der Waals surface area contributed by atoms with E-state index in [1.807, 2.05) is 11.0 Å². The van der Waals surface area contributed by atoms with Gasteiger partial charge in [0.1, 0.15) is 0 Å². The second-order valence-electron chi connectivity index (χ2n) is 3.30. The molecule has 0 aliphatic carbocycles. The lowest BCUT2D eigenvalue weighted by molar-refractivity contribution is 0.112. The van der Waals surface area contributed by atoms with Crippen molar-refractivity contribution in [1.29, 1.82) is 0 Å². The van der Waals surface area contributed by atoms with E-state index in [0.717, 1.165) is 24.3 Å². The number of halogens is 1. The second-order valence-corrected chi connectivity index (χ2v) is 3.78. The molecule has 0 aromatic carbocycles. The molecule has 1 aromatic rings. The zero-order valence-electron chi connectivity index (χ0n) is 8.06. The number of aromatic nitrogens is 2. The van der Waals surface area contributed by atoms with Crippen LogP contribution in [0.25, 0.3) is 0 Å². The van der Waals surface area contributed by atoms with Gasteiger partial charge in [-0.3, -0.25) is 4.79 Å². The molecule has 2 heterocycles. The molecule has 4 nitrogen and oxygen atoms in total. The molecule has 0 amide bonds. The molecular weight excluding hydrogens is 214 g/mol. The SMILES string of the molecule is O=Cc1cnc(N2CCC=C(Cl)C2)nc1. The highest BCUT2D eigenvalue weighted by molar-refractivity contribution is 6.30. The Morgan fingerprint density at radius 2 is 2.13 bits per heavy atom. The summed E-state index contributed by atoms with van der Waals surface area (Å²) < 4.78 is 0. The Morgan fingerprint density at radius 1 is 1.40 bits per heavy atom. The minimum atomic E-state index is 0.484. The fourth-order valence-corrected chi connectivity index (χ4v) is 1.68. The van der Waals surface area contributed by atoms with Gasteiger partial charge in [0.2, 0.25) is 5.95 Å². The summed E-state index contributed by atoms with van der Waals surface area (Å²) in [6.45, 7) is 1.50. The van der Waals surface area contributed by atoms with E-state index in [-0.39, 0.29) is 0 Å². The smallest absolute Gasteiger partial charge is 0.225 e. The fraction of sp³-hybridized carbons (Fsp3) is 0.300. The molecule has 0 N–H and O–H groups in total. The summed E-state index contributed by atoms with van der Waals surface area (Å²) in [7, 11) is 0. The standard InChI is InChI=1S/C10H10ClN3O/c11-9-2-1-3-14(6-9)10-12-4-8(7-15)5-13-10/h2,4-5,7H,1,3,6H2. The van der Waals surface area contributed by atoms with Crippen molar-refractivity contribution >= 4 is 23.8 Å². The Hall–Kier alpha value is -1.42. The Balaban J connectivity index is 2.15. The van der Waals surface area contributed by atoms with E-state index >= 15 is 0 Å². The first-order chi connectivity index (χ1) is 7.29. The monoisotopic (exact) mass is 223 g/mol. The molecule has 0 saturated heterocycles. The highest BCUT2D eigenvalue weighted by Gasteiger charge is 2.13. The topological polar surface area (TPSA) is 46.1 Å². The number of rotatable bonds is 2. The third-order valence-corrected chi connectivity index (χ3v) is 2.46. The molecule has 1 aromatic heterocycles. The van der Waals surface area contributed by atoms with Crippen LogP contribution in [0.15, 0.2) is 23.5 Å². The summed E-state index contributed by atoms with van der Waals surface area (Å²) in [4.78, 5) is 20.6. The van der Waals surface area contributed by atoms with Crippen molar-refractivity contribution in [3.8, 4) is 0 Å². The van der Waals surface area contributed by atoms with E-state index in [2.05, 4.69) is 9.97 Å². The van der Waals surface area contributed by atoms with Crippen LogP contribution in [0.3, 0.4) is 0 Å². The van der Waals surface area contributed by atoms with Gasteiger partial charge >= 0.3 is 0 Å². The third-order valence-electron chi connectivity index (χ3n) is 2.18. The third kappa shape index (κ3) is 2.33. The Kier molecular flexibility index (Phi) is 2.97. The molecule has 0 atom stereocenters. The number of carbonyl (C=O) groups excluding carboxylic acids is 1. The molecule has 78 valence electrons. The molecule has 0 bridgehead atoms. The summed E-state index contributed by atoms with van der Waals surface area (Å²) in [5.41, 5.74) is 0.484. The second kappa shape index (κ2) is 4.40. The van der Waals surface area contributed by atoms with Crippen molar-refractivity contribution in [2.45, 2.75) is 6.42 Å². The number of aldehydes is 1. The van der Waals surface area contributed by atoms with Crippen LogP contribution in [-0.2, 0) is 0 Å². The van der Waals surface area contributed by atoms with Crippen LogP contribution in [0, 0.1) is 0 Å². The van der Waals surface area contributed by atoms with Crippen LogP contribution >= 0.6 is 11.6 Å². The maximum Gasteiger partial charge on any atom is 0.225 e. The van der Waals surface area contributed by atoms with E-state index in [4.69, 9.17) is 11.6 Å². The maximum atomic E-state index is 10.4. The first kappa shape index (κ1) is 10.1. The molecule has 1 aliphatic rings. The predicted molar refractivity (Wildman–Crippen MR) is 58.2 cm³/mol. The Labute approximate surface area is 92.6 Å². The zero-order valence-corrected chi connectivity index (χ0v) is 8.81. The molecule has 2 rings (SSSR count). The number of anilines is 1. The molecule has 0 saturated carbocycles. The van der Waals surface area contributed by atoms with E-state index in [1.54, 1.807) is 0 Å². The number of hydrogen-bond acceptors (Lipinski definition) is 4.